The molecule has 0 fully saturated rings. The molecule has 0 saturated heterocycles. The third-order valence-corrected chi connectivity index (χ3v) is 4.22. The van der Waals surface area contributed by atoms with Crippen molar-refractivity contribution in [1.82, 2.24) is 0 Å². The number of fused-ring (bicyclic) bond motifs is 1. The Morgan fingerprint density at radius 3 is 2.17 bits per heavy atom. The molecule has 3 aromatic carbocycles. The number of para-hydroxylation sites is 1. The number of benzene rings is 3. The quantitative estimate of drug-likeness (QED) is 0.661. The molecule has 1 unspecified atom stereocenters. The highest BCUT2D eigenvalue weighted by atomic mass is 16.5. The lowest BCUT2D eigenvalue weighted by Crippen LogP contribution is -2.20. The summed E-state index contributed by atoms with van der Waals surface area (Å²) in [6.07, 6.45) is 0.184. The summed E-state index contributed by atoms with van der Waals surface area (Å²) in [6, 6.07) is 26.0. The molecule has 0 spiro atoms. The fourth-order valence-corrected chi connectivity index (χ4v) is 2.98. The van der Waals surface area contributed by atoms with Gasteiger partial charge in [-0.2, -0.15) is 0 Å². The van der Waals surface area contributed by atoms with Crippen molar-refractivity contribution in [1.29, 1.82) is 0 Å². The number of ether oxygens (including phenoxy) is 1. The summed E-state index contributed by atoms with van der Waals surface area (Å²) < 4.78 is 6.01. The number of carbonyl (C=O) groups excluding carboxylic acids is 1. The fourth-order valence-electron chi connectivity index (χ4n) is 2.98. The van der Waals surface area contributed by atoms with Gasteiger partial charge in [0.25, 0.3) is 0 Å². The molecule has 0 amide bonds. The second-order valence-electron chi connectivity index (χ2n) is 5.72. The second-order valence-corrected chi connectivity index (χ2v) is 5.72. The summed E-state index contributed by atoms with van der Waals surface area (Å²) in [4.78, 5) is 12.3. The van der Waals surface area contributed by atoms with Crippen molar-refractivity contribution in [2.45, 2.75) is 12.5 Å². The Kier molecular flexibility index (Phi) is 3.43. The minimum absolute atomic E-state index is 0.143. The number of hydrogen-bond donors (Lipinski definition) is 0. The van der Waals surface area contributed by atoms with Crippen LogP contribution < -0.4 is 4.74 Å². The highest BCUT2D eigenvalue weighted by Crippen LogP contribution is 2.35. The Morgan fingerprint density at radius 2 is 1.39 bits per heavy atom. The highest BCUT2D eigenvalue weighted by molar-refractivity contribution is 5.99. The average molecular weight is 300 g/mol. The molecule has 0 aliphatic carbocycles. The van der Waals surface area contributed by atoms with Gasteiger partial charge in [0.05, 0.1) is 12.0 Å². The minimum Gasteiger partial charge on any atom is -0.484 e. The Balaban J connectivity index is 1.61. The summed E-state index contributed by atoms with van der Waals surface area (Å²) >= 11 is 0. The summed E-state index contributed by atoms with van der Waals surface area (Å²) in [5, 5.41) is 0. The first-order valence-corrected chi connectivity index (χ1v) is 7.75. The minimum atomic E-state index is -0.206. The molecule has 0 radical (unpaired) electrons. The van der Waals surface area contributed by atoms with E-state index in [1.807, 2.05) is 54.6 Å². The maximum absolute atomic E-state index is 12.3. The third kappa shape index (κ3) is 2.64. The van der Waals surface area contributed by atoms with Gasteiger partial charge in [0.15, 0.2) is 5.78 Å². The first kappa shape index (κ1) is 13.8. The molecule has 1 atom stereocenters. The van der Waals surface area contributed by atoms with Crippen LogP contribution in [-0.2, 0) is 0 Å². The Hall–Kier alpha value is -2.87. The predicted octanol–water partition coefficient (Wildman–Crippen LogP) is 5.06. The summed E-state index contributed by atoms with van der Waals surface area (Å²) in [5.41, 5.74) is 4.07. The molecule has 0 bridgehead atoms. The molecule has 4 rings (SSSR count). The zero-order valence-corrected chi connectivity index (χ0v) is 12.6. The van der Waals surface area contributed by atoms with E-state index in [2.05, 4.69) is 24.3 Å². The molecular formula is C21H16O2. The van der Waals surface area contributed by atoms with Crippen molar-refractivity contribution < 1.29 is 9.53 Å². The lowest BCUT2D eigenvalue weighted by molar-refractivity contribution is 0.0850. The average Bonchev–Trinajstić information content (AvgIpc) is 2.63. The van der Waals surface area contributed by atoms with Crippen molar-refractivity contribution in [3.8, 4) is 16.9 Å². The maximum Gasteiger partial charge on any atom is 0.170 e. The Morgan fingerprint density at radius 1 is 0.739 bits per heavy atom. The first-order valence-electron chi connectivity index (χ1n) is 7.75. The SMILES string of the molecule is O=C1CC(c2ccc(-c3ccccc3)cc2)Oc2ccccc21. The van der Waals surface area contributed by atoms with Crippen LogP contribution in [0.15, 0.2) is 78.9 Å². The van der Waals surface area contributed by atoms with E-state index in [4.69, 9.17) is 4.74 Å². The number of rotatable bonds is 2. The third-order valence-electron chi connectivity index (χ3n) is 4.22. The van der Waals surface area contributed by atoms with Crippen LogP contribution in [0.25, 0.3) is 11.1 Å². The number of ketones is 1. The van der Waals surface area contributed by atoms with E-state index >= 15 is 0 Å². The van der Waals surface area contributed by atoms with Crippen LogP contribution in [-0.4, -0.2) is 5.78 Å². The first-order chi connectivity index (χ1) is 11.3. The zero-order valence-electron chi connectivity index (χ0n) is 12.6. The molecular weight excluding hydrogens is 284 g/mol. The maximum atomic E-state index is 12.3. The van der Waals surface area contributed by atoms with Gasteiger partial charge in [0.1, 0.15) is 11.9 Å². The molecule has 0 N–H and O–H groups in total. The largest absolute Gasteiger partial charge is 0.484 e. The van der Waals surface area contributed by atoms with Crippen LogP contribution >= 0.6 is 0 Å². The van der Waals surface area contributed by atoms with Crippen molar-refractivity contribution >= 4 is 5.78 Å². The van der Waals surface area contributed by atoms with Gasteiger partial charge in [-0.1, -0.05) is 66.7 Å². The van der Waals surface area contributed by atoms with E-state index in [-0.39, 0.29) is 11.9 Å². The Bertz CT molecular complexity index is 835. The zero-order chi connectivity index (χ0) is 15.6. The smallest absolute Gasteiger partial charge is 0.170 e. The van der Waals surface area contributed by atoms with Crippen LogP contribution in [0.3, 0.4) is 0 Å². The van der Waals surface area contributed by atoms with Gasteiger partial charge in [-0.05, 0) is 28.8 Å². The molecule has 2 heteroatoms. The molecule has 23 heavy (non-hydrogen) atoms. The van der Waals surface area contributed by atoms with Gasteiger partial charge in [-0.25, -0.2) is 0 Å². The van der Waals surface area contributed by atoms with Crippen molar-refractivity contribution in [2.24, 2.45) is 0 Å². The normalized spacial score (nSPS) is 16.5. The predicted molar refractivity (Wildman–Crippen MR) is 90.6 cm³/mol. The van der Waals surface area contributed by atoms with E-state index in [0.29, 0.717) is 17.7 Å². The molecule has 2 nitrogen and oxygen atoms in total. The van der Waals surface area contributed by atoms with Crippen LogP contribution in [0, 0.1) is 0 Å². The molecule has 1 heterocycles. The van der Waals surface area contributed by atoms with Gasteiger partial charge in [-0.3, -0.25) is 4.79 Å². The fraction of sp³-hybridized carbons (Fsp3) is 0.0952. The van der Waals surface area contributed by atoms with E-state index in [0.717, 1.165) is 11.1 Å². The lowest BCUT2D eigenvalue weighted by Gasteiger charge is -2.25. The van der Waals surface area contributed by atoms with Gasteiger partial charge >= 0.3 is 0 Å². The van der Waals surface area contributed by atoms with Crippen LogP contribution in [0.1, 0.15) is 28.4 Å². The highest BCUT2D eigenvalue weighted by Gasteiger charge is 2.27. The van der Waals surface area contributed by atoms with E-state index in [1.54, 1.807) is 0 Å². The monoisotopic (exact) mass is 300 g/mol. The van der Waals surface area contributed by atoms with E-state index in [9.17, 15) is 4.79 Å². The van der Waals surface area contributed by atoms with Crippen molar-refractivity contribution in [3.05, 3.63) is 90.0 Å². The lowest BCUT2D eigenvalue weighted by atomic mass is 9.95. The van der Waals surface area contributed by atoms with Gasteiger partial charge < -0.3 is 4.74 Å². The van der Waals surface area contributed by atoms with Crippen molar-refractivity contribution in [3.63, 3.8) is 0 Å². The standard InChI is InChI=1S/C21H16O2/c22-19-14-21(23-20-9-5-4-8-18(19)20)17-12-10-16(11-13-17)15-6-2-1-3-7-15/h1-13,21H,14H2. The van der Waals surface area contributed by atoms with Gasteiger partial charge in [-0.15, -0.1) is 0 Å². The number of hydrogen-bond acceptors (Lipinski definition) is 2. The molecule has 3 aromatic rings. The molecule has 0 saturated carbocycles. The van der Waals surface area contributed by atoms with Crippen LogP contribution in [0.5, 0.6) is 5.75 Å². The number of carbonyl (C=O) groups is 1. The molecule has 1 aliphatic rings. The summed E-state index contributed by atoms with van der Waals surface area (Å²) in [7, 11) is 0. The van der Waals surface area contributed by atoms with Crippen LogP contribution in [0.4, 0.5) is 0 Å². The van der Waals surface area contributed by atoms with Gasteiger partial charge in [0.2, 0.25) is 0 Å². The second kappa shape index (κ2) is 5.73. The Labute approximate surface area is 135 Å². The molecule has 112 valence electrons. The molecule has 0 aromatic heterocycles. The van der Waals surface area contributed by atoms with E-state index in [1.165, 1.54) is 5.56 Å². The van der Waals surface area contributed by atoms with Gasteiger partial charge in [0, 0.05) is 0 Å². The summed E-state index contributed by atoms with van der Waals surface area (Å²) in [6.45, 7) is 0. The van der Waals surface area contributed by atoms with Crippen molar-refractivity contribution in [2.75, 3.05) is 0 Å². The van der Waals surface area contributed by atoms with Crippen LogP contribution in [0.2, 0.25) is 0 Å². The topological polar surface area (TPSA) is 26.3 Å². The molecule has 1 aliphatic heterocycles. The van der Waals surface area contributed by atoms with E-state index < -0.39 is 0 Å². The summed E-state index contributed by atoms with van der Waals surface area (Å²) in [5.74, 6) is 0.824. The number of Topliss-reactive ketones (excluding diaryl/α,β-unsaturated/α-hetero) is 1.